The first-order valence-corrected chi connectivity index (χ1v) is 9.77. The monoisotopic (exact) mass is 377 g/mol. The van der Waals surface area contributed by atoms with Gasteiger partial charge in [0.1, 0.15) is 12.7 Å². The molecule has 5 heteroatoms. The summed E-state index contributed by atoms with van der Waals surface area (Å²) in [5, 5.41) is 0. The first kappa shape index (κ1) is 23.2. The third kappa shape index (κ3) is 7.71. The van der Waals surface area contributed by atoms with E-state index in [0.29, 0.717) is 18.6 Å². The zero-order chi connectivity index (χ0) is 18.8. The van der Waals surface area contributed by atoms with Crippen LogP contribution in [0.1, 0.15) is 81.8 Å². The molecule has 2 rings (SSSR count). The lowest BCUT2D eigenvalue weighted by molar-refractivity contribution is -0.147. The molecule has 1 aromatic rings. The van der Waals surface area contributed by atoms with Crippen LogP contribution < -0.4 is 0 Å². The van der Waals surface area contributed by atoms with Crippen LogP contribution in [0.2, 0.25) is 0 Å². The predicted octanol–water partition coefficient (Wildman–Crippen LogP) is 4.76. The topological polar surface area (TPSA) is 55.8 Å². The molecule has 0 radical (unpaired) electrons. The molecule has 5 nitrogen and oxygen atoms in total. The van der Waals surface area contributed by atoms with Crippen molar-refractivity contribution in [2.45, 2.75) is 65.9 Å². The van der Waals surface area contributed by atoms with Crippen molar-refractivity contribution in [3.8, 4) is 0 Å². The van der Waals surface area contributed by atoms with E-state index in [2.05, 4.69) is 11.8 Å². The Kier molecular flexibility index (Phi) is 10.7. The Balaban J connectivity index is 0.00000364. The highest BCUT2D eigenvalue weighted by atomic mass is 16.5. The molecule has 0 saturated carbocycles. The van der Waals surface area contributed by atoms with Crippen molar-refractivity contribution in [2.24, 2.45) is 0 Å². The maximum atomic E-state index is 12.6. The number of hydrogen-bond acceptors (Lipinski definition) is 5. The number of piperidine rings is 1. The zero-order valence-electron chi connectivity index (χ0n) is 16.0. The van der Waals surface area contributed by atoms with Gasteiger partial charge in [-0.25, -0.2) is 4.79 Å². The van der Waals surface area contributed by atoms with Crippen molar-refractivity contribution in [1.29, 1.82) is 0 Å². The van der Waals surface area contributed by atoms with Crippen LogP contribution in [0.5, 0.6) is 0 Å². The van der Waals surface area contributed by atoms with Gasteiger partial charge in [0.15, 0.2) is 0 Å². The number of ether oxygens (including phenoxy) is 2. The van der Waals surface area contributed by atoms with E-state index in [-0.39, 0.29) is 19.4 Å². The Bertz CT molecular complexity index is 581. The molecule has 0 N–H and O–H groups in total. The zero-order valence-corrected chi connectivity index (χ0v) is 16.0. The number of likely N-dealkylation sites (tertiary alicyclic amines) is 1. The summed E-state index contributed by atoms with van der Waals surface area (Å²) in [4.78, 5) is 26.4. The van der Waals surface area contributed by atoms with E-state index >= 15 is 0 Å². The molecule has 1 aromatic carbocycles. The molecule has 1 atom stereocenters. The Hall–Kier alpha value is -1.88. The van der Waals surface area contributed by atoms with E-state index in [1.54, 1.807) is 6.07 Å². The Labute approximate surface area is 164 Å². The summed E-state index contributed by atoms with van der Waals surface area (Å²) in [6.07, 6.45) is 5.96. The van der Waals surface area contributed by atoms with Crippen molar-refractivity contribution in [2.75, 3.05) is 26.2 Å². The molecule has 0 bridgehead atoms. The summed E-state index contributed by atoms with van der Waals surface area (Å²) in [5.41, 5.74) is 1.23. The molecular formula is C22H35NO4. The quantitative estimate of drug-likeness (QED) is 0.581. The van der Waals surface area contributed by atoms with Crippen molar-refractivity contribution >= 4 is 11.9 Å². The lowest BCUT2D eigenvalue weighted by atomic mass is 9.98. The number of esters is 2. The van der Waals surface area contributed by atoms with Crippen LogP contribution in [0.15, 0.2) is 24.3 Å². The number of hydrogen-bond donors (Lipinski definition) is 0. The predicted molar refractivity (Wildman–Crippen MR) is 108 cm³/mol. The van der Waals surface area contributed by atoms with Gasteiger partial charge >= 0.3 is 11.9 Å². The molecule has 1 saturated heterocycles. The molecule has 27 heavy (non-hydrogen) atoms. The van der Waals surface area contributed by atoms with Crippen molar-refractivity contribution in [3.63, 3.8) is 0 Å². The fourth-order valence-electron chi connectivity index (χ4n) is 3.36. The van der Waals surface area contributed by atoms with Crippen molar-refractivity contribution in [1.82, 2.24) is 4.90 Å². The van der Waals surface area contributed by atoms with Gasteiger partial charge in [0.2, 0.25) is 0 Å². The normalized spacial score (nSPS) is 15.5. The van der Waals surface area contributed by atoms with Crippen LogP contribution in [-0.4, -0.2) is 43.1 Å². The summed E-state index contributed by atoms with van der Waals surface area (Å²) in [5.74, 6) is -0.675. The van der Waals surface area contributed by atoms with E-state index in [0.717, 1.165) is 38.0 Å². The summed E-state index contributed by atoms with van der Waals surface area (Å²) >= 11 is 0. The minimum absolute atomic E-state index is 0. The third-order valence-corrected chi connectivity index (χ3v) is 4.75. The maximum absolute atomic E-state index is 12.6. The van der Waals surface area contributed by atoms with Gasteiger partial charge in [0.25, 0.3) is 0 Å². The van der Waals surface area contributed by atoms with Crippen LogP contribution in [-0.2, 0) is 14.3 Å². The van der Waals surface area contributed by atoms with E-state index in [1.165, 1.54) is 26.2 Å². The standard InChI is InChI=1S/C21H31NO4.CH4/c1-3-4-12-20(26-17(2)23)18-10-6-7-11-19(18)21(24)25-16-15-22-13-8-5-9-14-22;/h6-7,10-11,20H,3-5,8-9,12-16H2,1-2H3;1H4. The van der Waals surface area contributed by atoms with E-state index < -0.39 is 6.10 Å². The van der Waals surface area contributed by atoms with E-state index in [4.69, 9.17) is 9.47 Å². The summed E-state index contributed by atoms with van der Waals surface area (Å²) < 4.78 is 11.0. The molecule has 1 aliphatic rings. The number of unbranched alkanes of at least 4 members (excludes halogenated alkanes) is 1. The lowest BCUT2D eigenvalue weighted by Crippen LogP contribution is -2.33. The van der Waals surface area contributed by atoms with Crippen LogP contribution in [0.3, 0.4) is 0 Å². The number of carbonyl (C=O) groups excluding carboxylic acids is 2. The van der Waals surface area contributed by atoms with Crippen LogP contribution >= 0.6 is 0 Å². The molecule has 1 heterocycles. The Morgan fingerprint density at radius 3 is 2.52 bits per heavy atom. The SMILES string of the molecule is C.CCCCC(OC(C)=O)c1ccccc1C(=O)OCCN1CCCCC1. The van der Waals surface area contributed by atoms with Gasteiger partial charge in [-0.15, -0.1) is 0 Å². The van der Waals surface area contributed by atoms with Crippen molar-refractivity contribution < 1.29 is 19.1 Å². The number of nitrogens with zero attached hydrogens (tertiary/aromatic N) is 1. The fourth-order valence-corrected chi connectivity index (χ4v) is 3.36. The van der Waals surface area contributed by atoms with E-state index in [1.807, 2.05) is 18.2 Å². The summed E-state index contributed by atoms with van der Waals surface area (Å²) in [6, 6.07) is 7.28. The van der Waals surface area contributed by atoms with Gasteiger partial charge in [0.05, 0.1) is 5.56 Å². The third-order valence-electron chi connectivity index (χ3n) is 4.75. The van der Waals surface area contributed by atoms with Gasteiger partial charge in [-0.2, -0.15) is 0 Å². The average Bonchev–Trinajstić information content (AvgIpc) is 2.65. The highest BCUT2D eigenvalue weighted by Gasteiger charge is 2.22. The molecule has 0 amide bonds. The number of rotatable bonds is 9. The first-order chi connectivity index (χ1) is 12.6. The largest absolute Gasteiger partial charge is 0.461 e. The number of carbonyl (C=O) groups is 2. The van der Waals surface area contributed by atoms with Crippen LogP contribution in [0.25, 0.3) is 0 Å². The minimum Gasteiger partial charge on any atom is -0.461 e. The molecular weight excluding hydrogens is 342 g/mol. The number of benzene rings is 1. The second-order valence-electron chi connectivity index (χ2n) is 6.87. The smallest absolute Gasteiger partial charge is 0.338 e. The summed E-state index contributed by atoms with van der Waals surface area (Å²) in [7, 11) is 0. The van der Waals surface area contributed by atoms with Crippen LogP contribution in [0, 0.1) is 0 Å². The second-order valence-corrected chi connectivity index (χ2v) is 6.87. The minimum atomic E-state index is -0.404. The van der Waals surface area contributed by atoms with Gasteiger partial charge in [0, 0.05) is 19.0 Å². The fraction of sp³-hybridized carbons (Fsp3) is 0.636. The molecule has 0 aliphatic carbocycles. The highest BCUT2D eigenvalue weighted by molar-refractivity contribution is 5.91. The molecule has 1 aliphatic heterocycles. The van der Waals surface area contributed by atoms with Crippen molar-refractivity contribution in [3.05, 3.63) is 35.4 Å². The van der Waals surface area contributed by atoms with Gasteiger partial charge in [-0.3, -0.25) is 9.69 Å². The average molecular weight is 378 g/mol. The summed E-state index contributed by atoms with van der Waals surface area (Å²) in [6.45, 7) is 6.82. The Morgan fingerprint density at radius 2 is 1.85 bits per heavy atom. The second kappa shape index (κ2) is 12.5. The molecule has 1 fully saturated rings. The van der Waals surface area contributed by atoms with Gasteiger partial charge in [-0.05, 0) is 44.8 Å². The molecule has 0 spiro atoms. The maximum Gasteiger partial charge on any atom is 0.338 e. The van der Waals surface area contributed by atoms with Gasteiger partial charge < -0.3 is 9.47 Å². The van der Waals surface area contributed by atoms with E-state index in [9.17, 15) is 9.59 Å². The molecule has 152 valence electrons. The molecule has 0 aromatic heterocycles. The highest BCUT2D eigenvalue weighted by Crippen LogP contribution is 2.27. The first-order valence-electron chi connectivity index (χ1n) is 9.77. The van der Waals surface area contributed by atoms with Gasteiger partial charge in [-0.1, -0.05) is 45.4 Å². The lowest BCUT2D eigenvalue weighted by Gasteiger charge is -2.26. The Morgan fingerprint density at radius 1 is 1.15 bits per heavy atom. The van der Waals surface area contributed by atoms with Crippen LogP contribution in [0.4, 0.5) is 0 Å². The molecule has 1 unspecified atom stereocenters.